The van der Waals surface area contributed by atoms with E-state index in [0.29, 0.717) is 16.8 Å². The zero-order chi connectivity index (χ0) is 13.7. The molecule has 1 aliphatic rings. The molecule has 0 aromatic carbocycles. The number of aromatic nitrogens is 1. The predicted molar refractivity (Wildman–Crippen MR) is 75.8 cm³/mol. The Bertz CT molecular complexity index is 433. The molecule has 1 aromatic heterocycles. The van der Waals surface area contributed by atoms with Crippen LogP contribution in [-0.4, -0.2) is 29.6 Å². The van der Waals surface area contributed by atoms with E-state index in [2.05, 4.69) is 0 Å². The molecule has 104 valence electrons. The van der Waals surface area contributed by atoms with E-state index in [9.17, 15) is 10.0 Å². The second kappa shape index (κ2) is 6.80. The SMILES string of the molecule is CN(C(=O)CSc1cccc[n+]1[O-])C1CCCCC1. The van der Waals surface area contributed by atoms with E-state index in [1.165, 1.54) is 37.2 Å². The highest BCUT2D eigenvalue weighted by atomic mass is 32.2. The first-order valence-electron chi connectivity index (χ1n) is 6.75. The molecule has 0 bridgehead atoms. The lowest BCUT2D eigenvalue weighted by molar-refractivity contribution is -0.645. The molecule has 0 N–H and O–H groups in total. The Kier molecular flexibility index (Phi) is 5.07. The molecule has 1 aromatic rings. The van der Waals surface area contributed by atoms with E-state index >= 15 is 0 Å². The topological polar surface area (TPSA) is 47.2 Å². The third-order valence-electron chi connectivity index (χ3n) is 3.65. The van der Waals surface area contributed by atoms with Crippen LogP contribution in [0.2, 0.25) is 0 Å². The van der Waals surface area contributed by atoms with Crippen molar-refractivity contribution in [3.05, 3.63) is 29.6 Å². The van der Waals surface area contributed by atoms with Crippen LogP contribution in [0.5, 0.6) is 0 Å². The molecule has 1 saturated carbocycles. The smallest absolute Gasteiger partial charge is 0.251 e. The van der Waals surface area contributed by atoms with Crippen LogP contribution in [0.4, 0.5) is 0 Å². The van der Waals surface area contributed by atoms with Gasteiger partial charge in [0.1, 0.15) is 0 Å². The number of thioether (sulfide) groups is 1. The maximum Gasteiger partial charge on any atom is 0.251 e. The molecule has 0 unspecified atom stereocenters. The van der Waals surface area contributed by atoms with Gasteiger partial charge >= 0.3 is 0 Å². The van der Waals surface area contributed by atoms with Gasteiger partial charge in [0.05, 0.1) is 5.75 Å². The zero-order valence-corrected chi connectivity index (χ0v) is 12.1. The lowest BCUT2D eigenvalue weighted by Crippen LogP contribution is -2.39. The Hall–Kier alpha value is -1.23. The first-order chi connectivity index (χ1) is 9.18. The van der Waals surface area contributed by atoms with Crippen molar-refractivity contribution in [1.29, 1.82) is 0 Å². The standard InChI is InChI=1S/C14H20N2O2S/c1-15(12-7-3-2-4-8-12)13(17)11-19-14-9-5-6-10-16(14)18/h5-6,9-10,12H,2-4,7-8,11H2,1H3. The predicted octanol–water partition coefficient (Wildman–Crippen LogP) is 2.20. The minimum Gasteiger partial charge on any atom is -0.618 e. The summed E-state index contributed by atoms with van der Waals surface area (Å²) in [5.74, 6) is 0.444. The van der Waals surface area contributed by atoms with E-state index in [0.717, 1.165) is 17.6 Å². The van der Waals surface area contributed by atoms with E-state index in [1.807, 2.05) is 18.0 Å². The summed E-state index contributed by atoms with van der Waals surface area (Å²) in [4.78, 5) is 14.0. The fraction of sp³-hybridized carbons (Fsp3) is 0.571. The number of amides is 1. The molecular formula is C14H20N2O2S. The molecule has 0 radical (unpaired) electrons. The number of rotatable bonds is 4. The highest BCUT2D eigenvalue weighted by Gasteiger charge is 2.22. The second-order valence-corrected chi connectivity index (χ2v) is 5.95. The van der Waals surface area contributed by atoms with Crippen molar-refractivity contribution in [2.24, 2.45) is 0 Å². The molecule has 1 heterocycles. The third-order valence-corrected chi connectivity index (χ3v) is 4.65. The largest absolute Gasteiger partial charge is 0.618 e. The summed E-state index contributed by atoms with van der Waals surface area (Å²) in [7, 11) is 1.88. The van der Waals surface area contributed by atoms with Crippen LogP contribution in [-0.2, 0) is 4.79 Å². The van der Waals surface area contributed by atoms with Crippen LogP contribution < -0.4 is 4.73 Å². The van der Waals surface area contributed by atoms with Crippen molar-refractivity contribution in [3.8, 4) is 0 Å². The van der Waals surface area contributed by atoms with Crippen molar-refractivity contribution in [3.63, 3.8) is 0 Å². The van der Waals surface area contributed by atoms with Gasteiger partial charge in [-0.2, -0.15) is 4.73 Å². The molecule has 1 fully saturated rings. The van der Waals surface area contributed by atoms with Gasteiger partial charge in [0.25, 0.3) is 5.03 Å². The van der Waals surface area contributed by atoms with Gasteiger partial charge in [-0.05, 0) is 30.7 Å². The van der Waals surface area contributed by atoms with Crippen LogP contribution in [0.3, 0.4) is 0 Å². The van der Waals surface area contributed by atoms with Gasteiger partial charge in [-0.15, -0.1) is 0 Å². The molecule has 0 aliphatic heterocycles. The van der Waals surface area contributed by atoms with Crippen LogP contribution >= 0.6 is 11.8 Å². The molecule has 4 nitrogen and oxygen atoms in total. The van der Waals surface area contributed by atoms with Crippen LogP contribution in [0.15, 0.2) is 29.4 Å². The Morgan fingerprint density at radius 3 is 2.84 bits per heavy atom. The zero-order valence-electron chi connectivity index (χ0n) is 11.2. The highest BCUT2D eigenvalue weighted by Crippen LogP contribution is 2.22. The van der Waals surface area contributed by atoms with Crippen LogP contribution in [0.25, 0.3) is 0 Å². The lowest BCUT2D eigenvalue weighted by atomic mass is 9.94. The summed E-state index contributed by atoms with van der Waals surface area (Å²) in [5, 5.41) is 12.1. The van der Waals surface area contributed by atoms with Crippen molar-refractivity contribution in [1.82, 2.24) is 4.90 Å². The molecule has 19 heavy (non-hydrogen) atoms. The van der Waals surface area contributed by atoms with Gasteiger partial charge in [-0.3, -0.25) is 4.79 Å². The lowest BCUT2D eigenvalue weighted by Gasteiger charge is -2.31. The maximum atomic E-state index is 12.1. The minimum atomic E-state index is 0.112. The Labute approximate surface area is 118 Å². The molecule has 2 rings (SSSR count). The Morgan fingerprint density at radius 1 is 1.42 bits per heavy atom. The van der Waals surface area contributed by atoms with Crippen LogP contribution in [0.1, 0.15) is 32.1 Å². The summed E-state index contributed by atoms with van der Waals surface area (Å²) in [6.45, 7) is 0. The number of nitrogens with zero attached hydrogens (tertiary/aromatic N) is 2. The fourth-order valence-corrected chi connectivity index (χ4v) is 3.27. The third kappa shape index (κ3) is 3.86. The normalized spacial score (nSPS) is 16.3. The molecule has 1 amide bonds. The van der Waals surface area contributed by atoms with E-state index in [4.69, 9.17) is 0 Å². The molecule has 1 aliphatic carbocycles. The van der Waals surface area contributed by atoms with E-state index in [-0.39, 0.29) is 5.91 Å². The monoisotopic (exact) mass is 280 g/mol. The minimum absolute atomic E-state index is 0.112. The van der Waals surface area contributed by atoms with Crippen molar-refractivity contribution >= 4 is 17.7 Å². The fourth-order valence-electron chi connectivity index (χ4n) is 2.43. The van der Waals surface area contributed by atoms with Crippen molar-refractivity contribution < 1.29 is 9.52 Å². The average Bonchev–Trinajstić information content (AvgIpc) is 2.46. The quantitative estimate of drug-likeness (QED) is 0.482. The molecule has 5 heteroatoms. The summed E-state index contributed by atoms with van der Waals surface area (Å²) in [6.07, 6.45) is 7.40. The van der Waals surface area contributed by atoms with E-state index < -0.39 is 0 Å². The molecule has 0 saturated heterocycles. The van der Waals surface area contributed by atoms with Crippen molar-refractivity contribution in [2.75, 3.05) is 12.8 Å². The summed E-state index contributed by atoms with van der Waals surface area (Å²) in [5.41, 5.74) is 0. The number of hydrogen-bond acceptors (Lipinski definition) is 3. The summed E-state index contributed by atoms with van der Waals surface area (Å²) in [6, 6.07) is 5.63. The van der Waals surface area contributed by atoms with Crippen LogP contribution in [0, 0.1) is 5.21 Å². The molecule has 0 spiro atoms. The summed E-state index contributed by atoms with van der Waals surface area (Å²) < 4.78 is 0.804. The highest BCUT2D eigenvalue weighted by molar-refractivity contribution is 7.99. The first-order valence-corrected chi connectivity index (χ1v) is 7.73. The molecular weight excluding hydrogens is 260 g/mol. The Balaban J connectivity index is 1.85. The van der Waals surface area contributed by atoms with Gasteiger partial charge in [-0.1, -0.05) is 19.3 Å². The number of carbonyl (C=O) groups is 1. The van der Waals surface area contributed by atoms with Gasteiger partial charge < -0.3 is 10.1 Å². The van der Waals surface area contributed by atoms with Crippen molar-refractivity contribution in [2.45, 2.75) is 43.2 Å². The second-order valence-electron chi connectivity index (χ2n) is 4.95. The van der Waals surface area contributed by atoms with Gasteiger partial charge in [0.2, 0.25) is 5.91 Å². The molecule has 0 atom stereocenters. The maximum absolute atomic E-state index is 12.1. The van der Waals surface area contributed by atoms with Gasteiger partial charge in [0.15, 0.2) is 6.20 Å². The van der Waals surface area contributed by atoms with Gasteiger partial charge in [-0.25, -0.2) is 0 Å². The number of carbonyl (C=O) groups excluding carboxylic acids is 1. The first kappa shape index (κ1) is 14.2. The number of hydrogen-bond donors (Lipinski definition) is 0. The Morgan fingerprint density at radius 2 is 2.16 bits per heavy atom. The van der Waals surface area contributed by atoms with E-state index in [1.54, 1.807) is 12.1 Å². The number of pyridine rings is 1. The summed E-state index contributed by atoms with van der Waals surface area (Å²) >= 11 is 1.31. The average molecular weight is 280 g/mol. The van der Waals surface area contributed by atoms with Gasteiger partial charge in [0, 0.05) is 25.2 Å².